The Morgan fingerprint density at radius 2 is 1.78 bits per heavy atom. The van der Waals surface area contributed by atoms with E-state index in [-0.39, 0.29) is 5.97 Å². The molecule has 0 saturated carbocycles. The first kappa shape index (κ1) is 17.4. The molecular formula is C17H21NO4S. The van der Waals surface area contributed by atoms with Crippen molar-refractivity contribution in [3.8, 4) is 0 Å². The number of carbonyl (C=O) groups is 1. The molecule has 2 rings (SSSR count). The summed E-state index contributed by atoms with van der Waals surface area (Å²) < 4.78 is 32.1. The number of sulfonamides is 1. The maximum absolute atomic E-state index is 12.4. The van der Waals surface area contributed by atoms with Crippen LogP contribution in [0.5, 0.6) is 0 Å². The molecule has 0 aromatic heterocycles. The third-order valence-electron chi connectivity index (χ3n) is 3.62. The van der Waals surface area contributed by atoms with E-state index >= 15 is 0 Å². The largest absolute Gasteiger partial charge is 0.469 e. The normalized spacial score (nSPS) is 11.5. The summed E-state index contributed by atoms with van der Waals surface area (Å²) in [6.07, 6.45) is 2.52. The quantitative estimate of drug-likeness (QED) is 0.595. The molecule has 23 heavy (non-hydrogen) atoms. The molecule has 0 unspecified atom stereocenters. The van der Waals surface area contributed by atoms with Gasteiger partial charge in [-0.25, -0.2) is 13.1 Å². The van der Waals surface area contributed by atoms with Gasteiger partial charge < -0.3 is 4.74 Å². The number of fused-ring (bicyclic) bond motifs is 1. The molecule has 2 aromatic carbocycles. The zero-order valence-electron chi connectivity index (χ0n) is 13.1. The van der Waals surface area contributed by atoms with Crippen molar-refractivity contribution in [3.05, 3.63) is 42.5 Å². The molecule has 0 aliphatic heterocycles. The molecule has 124 valence electrons. The summed E-state index contributed by atoms with van der Waals surface area (Å²) in [5.74, 6) is -0.235. The molecule has 2 aromatic rings. The molecule has 0 aliphatic rings. The Kier molecular flexibility index (Phi) is 6.12. The molecule has 0 heterocycles. The summed E-state index contributed by atoms with van der Waals surface area (Å²) in [6, 6.07) is 12.7. The maximum Gasteiger partial charge on any atom is 0.305 e. The van der Waals surface area contributed by atoms with Crippen molar-refractivity contribution in [1.82, 2.24) is 4.72 Å². The molecule has 0 bridgehead atoms. The highest BCUT2D eigenvalue weighted by atomic mass is 32.2. The van der Waals surface area contributed by atoms with Crippen LogP contribution < -0.4 is 4.72 Å². The summed E-state index contributed by atoms with van der Waals surface area (Å²) in [4.78, 5) is 11.3. The summed E-state index contributed by atoms with van der Waals surface area (Å²) >= 11 is 0. The molecule has 0 atom stereocenters. The van der Waals surface area contributed by atoms with Crippen molar-refractivity contribution in [2.24, 2.45) is 0 Å². The van der Waals surface area contributed by atoms with Crippen LogP contribution in [0.15, 0.2) is 47.4 Å². The minimum atomic E-state index is -3.54. The highest BCUT2D eigenvalue weighted by molar-refractivity contribution is 7.89. The van der Waals surface area contributed by atoms with Crippen molar-refractivity contribution >= 4 is 26.8 Å². The van der Waals surface area contributed by atoms with E-state index in [1.165, 1.54) is 7.11 Å². The molecule has 1 N–H and O–H groups in total. The first-order valence-electron chi connectivity index (χ1n) is 7.59. The van der Waals surface area contributed by atoms with Gasteiger partial charge in [0.05, 0.1) is 12.0 Å². The van der Waals surface area contributed by atoms with Crippen LogP contribution >= 0.6 is 0 Å². The summed E-state index contributed by atoms with van der Waals surface area (Å²) in [5, 5.41) is 1.61. The number of hydrogen-bond donors (Lipinski definition) is 1. The second-order valence-corrected chi connectivity index (χ2v) is 7.00. The predicted molar refractivity (Wildman–Crippen MR) is 89.6 cm³/mol. The SMILES string of the molecule is COC(=O)CCCCCNS(=O)(=O)c1cccc2ccccc12. The van der Waals surface area contributed by atoms with Gasteiger partial charge in [0.1, 0.15) is 0 Å². The highest BCUT2D eigenvalue weighted by Gasteiger charge is 2.16. The Morgan fingerprint density at radius 3 is 2.57 bits per heavy atom. The van der Waals surface area contributed by atoms with E-state index in [2.05, 4.69) is 9.46 Å². The van der Waals surface area contributed by atoms with E-state index in [1.54, 1.807) is 18.2 Å². The van der Waals surface area contributed by atoms with Gasteiger partial charge in [0.2, 0.25) is 10.0 Å². The van der Waals surface area contributed by atoms with Gasteiger partial charge in [-0.05, 0) is 24.3 Å². The number of benzene rings is 2. The van der Waals surface area contributed by atoms with E-state index < -0.39 is 10.0 Å². The number of hydrogen-bond acceptors (Lipinski definition) is 4. The van der Waals surface area contributed by atoms with Crippen LogP contribution in [-0.4, -0.2) is 28.0 Å². The van der Waals surface area contributed by atoms with Crippen LogP contribution in [0.1, 0.15) is 25.7 Å². The third kappa shape index (κ3) is 4.77. The lowest BCUT2D eigenvalue weighted by Gasteiger charge is -2.09. The van der Waals surface area contributed by atoms with E-state index in [1.807, 2.05) is 24.3 Å². The van der Waals surface area contributed by atoms with Gasteiger partial charge in [-0.1, -0.05) is 42.8 Å². The minimum absolute atomic E-state index is 0.235. The van der Waals surface area contributed by atoms with E-state index in [9.17, 15) is 13.2 Å². The first-order chi connectivity index (χ1) is 11.0. The maximum atomic E-state index is 12.4. The first-order valence-corrected chi connectivity index (χ1v) is 9.07. The Morgan fingerprint density at radius 1 is 1.04 bits per heavy atom. The summed E-state index contributed by atoms with van der Waals surface area (Å²) in [7, 11) is -2.17. The van der Waals surface area contributed by atoms with Gasteiger partial charge in [-0.3, -0.25) is 4.79 Å². The standard InChI is InChI=1S/C17H21NO4S/c1-22-17(19)12-3-2-6-13-18-23(20,21)16-11-7-9-14-8-4-5-10-15(14)16/h4-5,7-11,18H,2-3,6,12-13H2,1H3. The van der Waals surface area contributed by atoms with Crippen LogP contribution in [0.25, 0.3) is 10.8 Å². The smallest absolute Gasteiger partial charge is 0.305 e. The molecule has 0 radical (unpaired) electrons. The number of nitrogens with one attached hydrogen (secondary N) is 1. The van der Waals surface area contributed by atoms with Gasteiger partial charge in [0.25, 0.3) is 0 Å². The van der Waals surface area contributed by atoms with Crippen molar-refractivity contribution in [3.63, 3.8) is 0 Å². The van der Waals surface area contributed by atoms with Gasteiger partial charge in [0.15, 0.2) is 0 Å². The topological polar surface area (TPSA) is 72.5 Å². The third-order valence-corrected chi connectivity index (χ3v) is 5.14. The van der Waals surface area contributed by atoms with E-state index in [0.717, 1.165) is 11.8 Å². The van der Waals surface area contributed by atoms with Crippen molar-refractivity contribution < 1.29 is 17.9 Å². The fraction of sp³-hybridized carbons (Fsp3) is 0.353. The Bertz CT molecular complexity index is 766. The summed E-state index contributed by atoms with van der Waals surface area (Å²) in [5.41, 5.74) is 0. The fourth-order valence-corrected chi connectivity index (χ4v) is 3.69. The second kappa shape index (κ2) is 8.08. The minimum Gasteiger partial charge on any atom is -0.469 e. The van der Waals surface area contributed by atoms with Gasteiger partial charge >= 0.3 is 5.97 Å². The monoisotopic (exact) mass is 335 g/mol. The van der Waals surface area contributed by atoms with Crippen LogP contribution in [-0.2, 0) is 19.6 Å². The van der Waals surface area contributed by atoms with E-state index in [0.29, 0.717) is 36.1 Å². The molecule has 0 spiro atoms. The second-order valence-electron chi connectivity index (χ2n) is 5.26. The predicted octanol–water partition coefficient (Wildman–Crippen LogP) is 2.85. The van der Waals surface area contributed by atoms with Gasteiger partial charge in [-0.15, -0.1) is 0 Å². The fourth-order valence-electron chi connectivity index (χ4n) is 2.39. The molecule has 0 saturated heterocycles. The molecular weight excluding hydrogens is 314 g/mol. The van der Waals surface area contributed by atoms with Crippen LogP contribution in [0.4, 0.5) is 0 Å². The number of carbonyl (C=O) groups excluding carboxylic acids is 1. The average Bonchev–Trinajstić information content (AvgIpc) is 2.57. The lowest BCUT2D eigenvalue weighted by atomic mass is 10.1. The number of unbranched alkanes of at least 4 members (excludes halogenated alkanes) is 2. The van der Waals surface area contributed by atoms with Gasteiger partial charge in [-0.2, -0.15) is 0 Å². The number of ether oxygens (including phenoxy) is 1. The number of methoxy groups -OCH3 is 1. The van der Waals surface area contributed by atoms with Crippen LogP contribution in [0, 0.1) is 0 Å². The van der Waals surface area contributed by atoms with E-state index in [4.69, 9.17) is 0 Å². The Labute approximate surface area is 136 Å². The lowest BCUT2D eigenvalue weighted by molar-refractivity contribution is -0.140. The van der Waals surface area contributed by atoms with Crippen molar-refractivity contribution in [1.29, 1.82) is 0 Å². The highest BCUT2D eigenvalue weighted by Crippen LogP contribution is 2.22. The molecule has 0 fully saturated rings. The zero-order chi connectivity index (χ0) is 16.7. The number of esters is 1. The summed E-state index contributed by atoms with van der Waals surface area (Å²) in [6.45, 7) is 0.354. The van der Waals surface area contributed by atoms with Crippen molar-refractivity contribution in [2.45, 2.75) is 30.6 Å². The number of rotatable bonds is 8. The van der Waals surface area contributed by atoms with Crippen molar-refractivity contribution in [2.75, 3.05) is 13.7 Å². The molecule has 5 nitrogen and oxygen atoms in total. The molecule has 6 heteroatoms. The molecule has 0 aliphatic carbocycles. The van der Waals surface area contributed by atoms with Crippen LogP contribution in [0.3, 0.4) is 0 Å². The average molecular weight is 335 g/mol. The lowest BCUT2D eigenvalue weighted by Crippen LogP contribution is -2.25. The van der Waals surface area contributed by atoms with Crippen LogP contribution in [0.2, 0.25) is 0 Å². The molecule has 0 amide bonds. The zero-order valence-corrected chi connectivity index (χ0v) is 13.9. The van der Waals surface area contributed by atoms with Gasteiger partial charge in [0, 0.05) is 18.4 Å². The Hall–Kier alpha value is -1.92. The Balaban J connectivity index is 1.93.